The molecule has 18 heavy (non-hydrogen) atoms. The first-order chi connectivity index (χ1) is 8.70. The molecule has 0 spiro atoms. The number of phenols is 1. The molecule has 0 aliphatic carbocycles. The third kappa shape index (κ3) is 3.15. The number of carbonyl (C=O) groups is 1. The fourth-order valence-electron chi connectivity index (χ4n) is 2.08. The standard InChI is InChI=1S/C13H17ClN2O2/c14-5-6-15-7-9-16(10-8-15)13(18)11-1-3-12(17)4-2-11/h1-4,17H,5-10H2. The molecule has 0 bridgehead atoms. The predicted molar refractivity (Wildman–Crippen MR) is 71.2 cm³/mol. The Morgan fingerprint density at radius 3 is 2.33 bits per heavy atom. The summed E-state index contributed by atoms with van der Waals surface area (Å²) in [6.07, 6.45) is 0. The van der Waals surface area contributed by atoms with Crippen molar-refractivity contribution in [3.63, 3.8) is 0 Å². The van der Waals surface area contributed by atoms with Gasteiger partial charge in [0.15, 0.2) is 0 Å². The molecule has 1 heterocycles. The van der Waals surface area contributed by atoms with Crippen LogP contribution in [0.3, 0.4) is 0 Å². The molecule has 0 saturated carbocycles. The summed E-state index contributed by atoms with van der Waals surface area (Å²) >= 11 is 5.70. The Morgan fingerprint density at radius 2 is 1.78 bits per heavy atom. The minimum Gasteiger partial charge on any atom is -0.508 e. The van der Waals surface area contributed by atoms with Crippen LogP contribution in [0.4, 0.5) is 0 Å². The smallest absolute Gasteiger partial charge is 0.253 e. The number of benzene rings is 1. The molecule has 0 aromatic heterocycles. The van der Waals surface area contributed by atoms with Crippen molar-refractivity contribution in [2.24, 2.45) is 0 Å². The largest absolute Gasteiger partial charge is 0.508 e. The maximum absolute atomic E-state index is 12.2. The topological polar surface area (TPSA) is 43.8 Å². The van der Waals surface area contributed by atoms with E-state index in [2.05, 4.69) is 4.90 Å². The fourth-order valence-corrected chi connectivity index (χ4v) is 2.32. The van der Waals surface area contributed by atoms with Crippen LogP contribution in [0.5, 0.6) is 5.75 Å². The first-order valence-electron chi connectivity index (χ1n) is 6.07. The zero-order valence-corrected chi connectivity index (χ0v) is 10.9. The Balaban J connectivity index is 1.93. The highest BCUT2D eigenvalue weighted by Crippen LogP contribution is 2.13. The molecule has 2 rings (SSSR count). The number of halogens is 1. The van der Waals surface area contributed by atoms with Crippen LogP contribution in [0.2, 0.25) is 0 Å². The van der Waals surface area contributed by atoms with Crippen LogP contribution >= 0.6 is 11.6 Å². The zero-order valence-electron chi connectivity index (χ0n) is 10.2. The summed E-state index contributed by atoms with van der Waals surface area (Å²) in [5, 5.41) is 9.20. The number of piperazine rings is 1. The van der Waals surface area contributed by atoms with Crippen LogP contribution in [0.1, 0.15) is 10.4 Å². The Kier molecular flexibility index (Phi) is 4.44. The van der Waals surface area contributed by atoms with Crippen molar-refractivity contribution >= 4 is 17.5 Å². The molecule has 0 radical (unpaired) electrons. The fraction of sp³-hybridized carbons (Fsp3) is 0.462. The highest BCUT2D eigenvalue weighted by atomic mass is 35.5. The molecule has 1 saturated heterocycles. The molecule has 1 fully saturated rings. The number of amides is 1. The number of carbonyl (C=O) groups excluding carboxylic acids is 1. The molecule has 98 valence electrons. The molecule has 0 atom stereocenters. The third-order valence-corrected chi connectivity index (χ3v) is 3.34. The lowest BCUT2D eigenvalue weighted by molar-refractivity contribution is 0.0644. The van der Waals surface area contributed by atoms with Crippen LogP contribution in [-0.2, 0) is 0 Å². The average Bonchev–Trinajstić information content (AvgIpc) is 2.40. The van der Waals surface area contributed by atoms with Gasteiger partial charge in [0.25, 0.3) is 5.91 Å². The highest BCUT2D eigenvalue weighted by Gasteiger charge is 2.21. The molecule has 1 aliphatic heterocycles. The maximum atomic E-state index is 12.2. The van der Waals surface area contributed by atoms with E-state index in [0.29, 0.717) is 11.4 Å². The summed E-state index contributed by atoms with van der Waals surface area (Å²) in [5.74, 6) is 0.838. The van der Waals surface area contributed by atoms with Gasteiger partial charge in [-0.05, 0) is 24.3 Å². The van der Waals surface area contributed by atoms with Gasteiger partial charge >= 0.3 is 0 Å². The predicted octanol–water partition coefficient (Wildman–Crippen LogP) is 1.39. The average molecular weight is 269 g/mol. The normalized spacial score (nSPS) is 16.8. The van der Waals surface area contributed by atoms with Gasteiger partial charge in [-0.15, -0.1) is 11.6 Å². The van der Waals surface area contributed by atoms with Crippen molar-refractivity contribution in [2.45, 2.75) is 0 Å². The van der Waals surface area contributed by atoms with Crippen LogP contribution in [-0.4, -0.2) is 59.4 Å². The second kappa shape index (κ2) is 6.07. The molecular formula is C13H17ClN2O2. The van der Waals surface area contributed by atoms with Crippen LogP contribution < -0.4 is 0 Å². The number of rotatable bonds is 3. The van der Waals surface area contributed by atoms with Gasteiger partial charge in [-0.3, -0.25) is 9.69 Å². The minimum absolute atomic E-state index is 0.0283. The summed E-state index contributed by atoms with van der Waals surface area (Å²) in [6.45, 7) is 4.09. The van der Waals surface area contributed by atoms with Crippen LogP contribution in [0, 0.1) is 0 Å². The Labute approximate surface area is 112 Å². The van der Waals surface area contributed by atoms with Crippen molar-refractivity contribution in [1.29, 1.82) is 0 Å². The van der Waals surface area contributed by atoms with Gasteiger partial charge in [0.1, 0.15) is 5.75 Å². The van der Waals surface area contributed by atoms with E-state index in [9.17, 15) is 9.90 Å². The van der Waals surface area contributed by atoms with Gasteiger partial charge in [-0.2, -0.15) is 0 Å². The number of hydrogen-bond acceptors (Lipinski definition) is 3. The highest BCUT2D eigenvalue weighted by molar-refractivity contribution is 6.18. The zero-order chi connectivity index (χ0) is 13.0. The monoisotopic (exact) mass is 268 g/mol. The lowest BCUT2D eigenvalue weighted by Gasteiger charge is -2.34. The number of hydrogen-bond donors (Lipinski definition) is 1. The Bertz CT molecular complexity index is 400. The van der Waals surface area contributed by atoms with Crippen molar-refractivity contribution in [3.8, 4) is 5.75 Å². The molecule has 1 aromatic rings. The summed E-state index contributed by atoms with van der Waals surface area (Å²) in [4.78, 5) is 16.3. The molecule has 1 aromatic carbocycles. The minimum atomic E-state index is 0.0283. The summed E-state index contributed by atoms with van der Waals surface area (Å²) in [7, 11) is 0. The molecule has 5 heteroatoms. The van der Waals surface area contributed by atoms with Gasteiger partial charge in [0.2, 0.25) is 0 Å². The van der Waals surface area contributed by atoms with Crippen LogP contribution in [0.25, 0.3) is 0 Å². The van der Waals surface area contributed by atoms with Crippen LogP contribution in [0.15, 0.2) is 24.3 Å². The summed E-state index contributed by atoms with van der Waals surface area (Å²) in [5.41, 5.74) is 0.624. The van der Waals surface area contributed by atoms with Gasteiger partial charge in [0, 0.05) is 44.2 Å². The SMILES string of the molecule is O=C(c1ccc(O)cc1)N1CCN(CCCl)CC1. The maximum Gasteiger partial charge on any atom is 0.253 e. The van der Waals surface area contributed by atoms with E-state index in [1.165, 1.54) is 12.1 Å². The molecular weight excluding hydrogens is 252 g/mol. The quantitative estimate of drug-likeness (QED) is 0.843. The van der Waals surface area contributed by atoms with Crippen molar-refractivity contribution in [1.82, 2.24) is 9.80 Å². The van der Waals surface area contributed by atoms with Gasteiger partial charge < -0.3 is 10.0 Å². The number of alkyl halides is 1. The molecule has 1 aliphatic rings. The van der Waals surface area contributed by atoms with E-state index in [4.69, 9.17) is 11.6 Å². The lowest BCUT2D eigenvalue weighted by Crippen LogP contribution is -2.49. The Morgan fingerprint density at radius 1 is 1.17 bits per heavy atom. The van der Waals surface area contributed by atoms with E-state index in [0.717, 1.165) is 32.7 Å². The number of nitrogens with zero attached hydrogens (tertiary/aromatic N) is 2. The molecule has 4 nitrogen and oxygen atoms in total. The van der Waals surface area contributed by atoms with E-state index >= 15 is 0 Å². The van der Waals surface area contributed by atoms with E-state index in [-0.39, 0.29) is 11.7 Å². The summed E-state index contributed by atoms with van der Waals surface area (Å²) in [6, 6.07) is 6.39. The molecule has 1 amide bonds. The van der Waals surface area contributed by atoms with Gasteiger partial charge in [-0.1, -0.05) is 0 Å². The molecule has 1 N–H and O–H groups in total. The lowest BCUT2D eigenvalue weighted by atomic mass is 10.1. The van der Waals surface area contributed by atoms with E-state index in [1.807, 2.05) is 4.90 Å². The Hall–Kier alpha value is -1.26. The second-order valence-corrected chi connectivity index (χ2v) is 4.75. The van der Waals surface area contributed by atoms with Crippen molar-refractivity contribution in [2.75, 3.05) is 38.6 Å². The first-order valence-corrected chi connectivity index (χ1v) is 6.61. The molecule has 0 unspecified atom stereocenters. The summed E-state index contributed by atoms with van der Waals surface area (Å²) < 4.78 is 0. The van der Waals surface area contributed by atoms with E-state index < -0.39 is 0 Å². The van der Waals surface area contributed by atoms with Crippen molar-refractivity contribution in [3.05, 3.63) is 29.8 Å². The van der Waals surface area contributed by atoms with E-state index in [1.54, 1.807) is 12.1 Å². The third-order valence-electron chi connectivity index (χ3n) is 3.17. The van der Waals surface area contributed by atoms with Gasteiger partial charge in [-0.25, -0.2) is 0 Å². The van der Waals surface area contributed by atoms with Gasteiger partial charge in [0.05, 0.1) is 0 Å². The first kappa shape index (κ1) is 13.2. The number of aromatic hydroxyl groups is 1. The number of phenolic OH excluding ortho intramolecular Hbond substituents is 1. The van der Waals surface area contributed by atoms with Crippen molar-refractivity contribution < 1.29 is 9.90 Å². The second-order valence-electron chi connectivity index (χ2n) is 4.37.